The Labute approximate surface area is 304 Å². The smallest absolute Gasteiger partial charge is 0.164 e. The van der Waals surface area contributed by atoms with E-state index < -0.39 is 0 Å². The Kier molecular flexibility index (Phi) is 13.0. The monoisotopic (exact) mass is 844 g/mol. The van der Waals surface area contributed by atoms with Crippen LogP contribution in [0.5, 0.6) is 5.75 Å². The van der Waals surface area contributed by atoms with Gasteiger partial charge in [0.05, 0.1) is 6.67 Å². The Morgan fingerprint density at radius 3 is 2.21 bits per heavy atom. The number of phenols is 1. The van der Waals surface area contributed by atoms with Gasteiger partial charge in [-0.15, -0.1) is 40.5 Å². The first kappa shape index (κ1) is 39.2. The largest absolute Gasteiger partial charge is 0.512 e. The number of carbonyl (C=O) groups is 1. The summed E-state index contributed by atoms with van der Waals surface area (Å²) < 4.78 is 1.14. The van der Waals surface area contributed by atoms with Gasteiger partial charge in [-0.05, 0) is 60.3 Å². The van der Waals surface area contributed by atoms with Crippen molar-refractivity contribution in [3.05, 3.63) is 94.7 Å². The van der Waals surface area contributed by atoms with Crippen molar-refractivity contribution in [2.75, 3.05) is 6.67 Å². The Morgan fingerprint density at radius 2 is 1.58 bits per heavy atom. The van der Waals surface area contributed by atoms with Crippen LogP contribution in [-0.4, -0.2) is 28.4 Å². The van der Waals surface area contributed by atoms with E-state index in [1.54, 1.807) is 17.4 Å². The molecular formula is C41H51IrN2O3S-. The Balaban J connectivity index is 0.000000301. The number of nitrogens with zero attached hydrogens (tertiary/aromatic N) is 1. The fraction of sp³-hybridized carbons (Fsp3) is 0.415. The maximum absolute atomic E-state index is 12.2. The number of rotatable bonds is 9. The number of phenolic OH excluding ortho intramolecular Hbond substituents is 1. The quantitative estimate of drug-likeness (QED) is 0.0891. The van der Waals surface area contributed by atoms with Gasteiger partial charge < -0.3 is 20.5 Å². The first-order valence-electron chi connectivity index (χ1n) is 16.8. The fourth-order valence-corrected chi connectivity index (χ4v) is 6.62. The van der Waals surface area contributed by atoms with Crippen LogP contribution in [0.15, 0.2) is 76.9 Å². The molecule has 5 nitrogen and oxygen atoms in total. The van der Waals surface area contributed by atoms with Crippen LogP contribution in [0.1, 0.15) is 105 Å². The van der Waals surface area contributed by atoms with E-state index in [2.05, 4.69) is 67.9 Å². The summed E-state index contributed by atoms with van der Waals surface area (Å²) in [7, 11) is 0. The summed E-state index contributed by atoms with van der Waals surface area (Å²) in [5.41, 5.74) is 4.18. The molecule has 0 amide bonds. The molecule has 1 aromatic heterocycles. The fourth-order valence-electron chi connectivity index (χ4n) is 5.82. The van der Waals surface area contributed by atoms with E-state index in [4.69, 9.17) is 4.99 Å². The molecule has 0 unspecified atom stereocenters. The van der Waals surface area contributed by atoms with Gasteiger partial charge >= 0.3 is 0 Å². The molecule has 0 bridgehead atoms. The van der Waals surface area contributed by atoms with Gasteiger partial charge in [0, 0.05) is 64.6 Å². The van der Waals surface area contributed by atoms with Crippen LogP contribution in [0.4, 0.5) is 0 Å². The summed E-state index contributed by atoms with van der Waals surface area (Å²) in [6.07, 6.45) is 6.72. The molecular weight excluding hydrogens is 793 g/mol. The van der Waals surface area contributed by atoms with Gasteiger partial charge in [0.1, 0.15) is 11.5 Å². The third kappa shape index (κ3) is 8.13. The van der Waals surface area contributed by atoms with E-state index in [-0.39, 0.29) is 53.6 Å². The van der Waals surface area contributed by atoms with E-state index in [9.17, 15) is 15.0 Å². The SMILES string of the molecule is CC(C)(C)c1cc(C2=NCNC=C2c2c(O)ccc3sccc23)[c-]c2ccccc12.CCC(C)(CC)C(=O)/C=C(\O)C(C)(CC)CC.[Ir]. The molecule has 259 valence electrons. The third-order valence-corrected chi connectivity index (χ3v) is 11.0. The number of thiophene rings is 1. The topological polar surface area (TPSA) is 81.9 Å². The number of aliphatic hydroxyl groups excluding tert-OH is 1. The van der Waals surface area contributed by atoms with E-state index in [0.717, 1.165) is 63.6 Å². The Morgan fingerprint density at radius 1 is 0.938 bits per heavy atom. The van der Waals surface area contributed by atoms with Crippen LogP contribution < -0.4 is 5.32 Å². The summed E-state index contributed by atoms with van der Waals surface area (Å²) >= 11 is 1.67. The molecule has 0 fully saturated rings. The molecule has 4 aromatic rings. The predicted octanol–water partition coefficient (Wildman–Crippen LogP) is 10.9. The molecule has 3 N–H and O–H groups in total. The number of benzene rings is 3. The molecule has 5 rings (SSSR count). The second-order valence-electron chi connectivity index (χ2n) is 14.0. The zero-order valence-electron chi connectivity index (χ0n) is 29.9. The van der Waals surface area contributed by atoms with E-state index >= 15 is 0 Å². The first-order chi connectivity index (χ1) is 22.2. The molecule has 0 aliphatic carbocycles. The van der Waals surface area contributed by atoms with Gasteiger partial charge in [0.15, 0.2) is 5.78 Å². The van der Waals surface area contributed by atoms with Crippen LogP contribution in [-0.2, 0) is 30.3 Å². The minimum atomic E-state index is -0.337. The molecule has 1 aliphatic heterocycles. The number of nitrogens with one attached hydrogen (secondary N) is 1. The molecule has 0 saturated carbocycles. The normalized spacial score (nSPS) is 14.0. The predicted molar refractivity (Wildman–Crippen MR) is 201 cm³/mol. The van der Waals surface area contributed by atoms with Gasteiger partial charge in [-0.2, -0.15) is 0 Å². The number of aromatic hydroxyl groups is 1. The molecule has 1 radical (unpaired) electrons. The van der Waals surface area contributed by atoms with Gasteiger partial charge in [0.25, 0.3) is 0 Å². The summed E-state index contributed by atoms with van der Waals surface area (Å²) in [5, 5.41) is 29.5. The number of ketones is 1. The summed E-state index contributed by atoms with van der Waals surface area (Å²) in [4.78, 5) is 17.0. The molecule has 7 heteroatoms. The van der Waals surface area contributed by atoms with Crippen LogP contribution in [0.3, 0.4) is 0 Å². The molecule has 0 saturated heterocycles. The molecule has 2 heterocycles. The minimum Gasteiger partial charge on any atom is -0.512 e. The molecule has 0 spiro atoms. The van der Waals surface area contributed by atoms with Gasteiger partial charge in [-0.25, -0.2) is 0 Å². The summed E-state index contributed by atoms with van der Waals surface area (Å²) in [5.74, 6) is 0.550. The van der Waals surface area contributed by atoms with Crippen molar-refractivity contribution in [1.29, 1.82) is 0 Å². The minimum absolute atomic E-state index is 0. The van der Waals surface area contributed by atoms with Crippen molar-refractivity contribution in [1.82, 2.24) is 5.32 Å². The van der Waals surface area contributed by atoms with E-state index in [1.165, 1.54) is 17.0 Å². The second-order valence-corrected chi connectivity index (χ2v) is 15.0. The number of allylic oxidation sites excluding steroid dienone is 3. The van der Waals surface area contributed by atoms with Crippen molar-refractivity contribution in [2.24, 2.45) is 15.8 Å². The number of fused-ring (bicyclic) bond motifs is 2. The van der Waals surface area contributed by atoms with Crippen molar-refractivity contribution >= 4 is 49.3 Å². The van der Waals surface area contributed by atoms with Gasteiger partial charge in [-0.3, -0.25) is 4.79 Å². The number of aliphatic hydroxyl groups is 1. The van der Waals surface area contributed by atoms with Gasteiger partial charge in [-0.1, -0.05) is 91.5 Å². The van der Waals surface area contributed by atoms with Crippen LogP contribution >= 0.6 is 11.3 Å². The number of aliphatic imine (C=N–C) groups is 1. The van der Waals surface area contributed by atoms with Crippen molar-refractivity contribution < 1.29 is 35.1 Å². The number of carbonyl (C=O) groups excluding carboxylic acids is 1. The Bertz CT molecular complexity index is 1840. The third-order valence-electron chi connectivity index (χ3n) is 10.2. The van der Waals surface area contributed by atoms with Crippen molar-refractivity contribution in [2.45, 2.75) is 93.4 Å². The molecule has 0 atom stereocenters. The van der Waals surface area contributed by atoms with Crippen LogP contribution in [0.25, 0.3) is 26.4 Å². The average molecular weight is 844 g/mol. The molecule has 48 heavy (non-hydrogen) atoms. The standard InChI is InChI=1S/C26H23N2OS.C15H28O2.Ir/c1-26(2,3)21-13-17(12-16-6-4-5-7-18(16)21)25-20(14-27-15-28-25)24-19-10-11-30-23(19)9-8-22(24)29;1-7-14(5,8-2)12(16)11-13(17)15(6,9-3)10-4;/h4-11,13-14,27,29H,15H2,1-3H3;11,16H,7-10H2,1-6H3;/q-1;;/b;12-11-;. The maximum atomic E-state index is 12.2. The number of hydrogen-bond donors (Lipinski definition) is 3. The van der Waals surface area contributed by atoms with Crippen molar-refractivity contribution in [3.63, 3.8) is 0 Å². The van der Waals surface area contributed by atoms with Crippen LogP contribution in [0.2, 0.25) is 0 Å². The maximum Gasteiger partial charge on any atom is 0.164 e. The molecule has 1 aliphatic rings. The summed E-state index contributed by atoms with van der Waals surface area (Å²) in [6.45, 7) is 19.3. The molecule has 3 aromatic carbocycles. The average Bonchev–Trinajstić information content (AvgIpc) is 3.55. The van der Waals surface area contributed by atoms with E-state index in [1.807, 2.05) is 59.9 Å². The van der Waals surface area contributed by atoms with Gasteiger partial charge in [0.2, 0.25) is 0 Å². The second kappa shape index (κ2) is 16.0. The Hall–Kier alpha value is -3.25. The van der Waals surface area contributed by atoms with Crippen molar-refractivity contribution in [3.8, 4) is 5.75 Å². The number of hydrogen-bond acceptors (Lipinski definition) is 6. The zero-order chi connectivity index (χ0) is 34.6. The summed E-state index contributed by atoms with van der Waals surface area (Å²) in [6, 6.07) is 20.0. The zero-order valence-corrected chi connectivity index (χ0v) is 33.1. The first-order valence-corrected chi connectivity index (χ1v) is 17.7. The van der Waals surface area contributed by atoms with Crippen LogP contribution in [0, 0.1) is 16.9 Å². The van der Waals surface area contributed by atoms with E-state index in [0.29, 0.717) is 6.67 Å².